The van der Waals surface area contributed by atoms with Gasteiger partial charge in [0, 0.05) is 17.3 Å². The third-order valence-electron chi connectivity index (χ3n) is 2.90. The molecule has 0 aromatic heterocycles. The van der Waals surface area contributed by atoms with Gasteiger partial charge >= 0.3 is 0 Å². The lowest BCUT2D eigenvalue weighted by Gasteiger charge is -2.15. The number of rotatable bonds is 4. The molecule has 14 heavy (non-hydrogen) atoms. The normalized spacial score (nSPS) is 27.9. The number of alkyl halides is 1. The van der Waals surface area contributed by atoms with Crippen LogP contribution in [0.4, 0.5) is 0 Å². The standard InChI is InChI=1S/C11H20ClNO/c1-7(12)5-8(2)13-10(14)9-6-11(9,3)4/h7-9H,5-6H2,1-4H3,(H,13,14). The van der Waals surface area contributed by atoms with E-state index in [0.717, 1.165) is 12.8 Å². The molecule has 0 aromatic rings. The molecule has 0 heterocycles. The van der Waals surface area contributed by atoms with E-state index in [1.165, 1.54) is 0 Å². The molecule has 0 aliphatic heterocycles. The fourth-order valence-corrected chi connectivity index (χ4v) is 2.07. The van der Waals surface area contributed by atoms with E-state index in [4.69, 9.17) is 11.6 Å². The highest BCUT2D eigenvalue weighted by Gasteiger charge is 2.50. The molecule has 0 aromatic carbocycles. The van der Waals surface area contributed by atoms with Crippen LogP contribution in [0.2, 0.25) is 0 Å². The van der Waals surface area contributed by atoms with Crippen LogP contribution in [-0.2, 0) is 4.79 Å². The molecule has 3 unspecified atom stereocenters. The Morgan fingerprint density at radius 3 is 2.43 bits per heavy atom. The molecule has 1 amide bonds. The van der Waals surface area contributed by atoms with Crippen LogP contribution in [0.15, 0.2) is 0 Å². The Labute approximate surface area is 91.4 Å². The lowest BCUT2D eigenvalue weighted by atomic mass is 10.1. The van der Waals surface area contributed by atoms with Crippen LogP contribution in [0.5, 0.6) is 0 Å². The number of carbonyl (C=O) groups is 1. The molecule has 2 nitrogen and oxygen atoms in total. The van der Waals surface area contributed by atoms with Gasteiger partial charge in [0.05, 0.1) is 0 Å². The summed E-state index contributed by atoms with van der Waals surface area (Å²) in [6.45, 7) is 8.22. The lowest BCUT2D eigenvalue weighted by Crippen LogP contribution is -2.35. The highest BCUT2D eigenvalue weighted by Crippen LogP contribution is 2.51. The molecule has 1 fully saturated rings. The summed E-state index contributed by atoms with van der Waals surface area (Å²) in [6, 6.07) is 0.186. The van der Waals surface area contributed by atoms with Gasteiger partial charge in [-0.25, -0.2) is 0 Å². The maximum atomic E-state index is 11.7. The van der Waals surface area contributed by atoms with Gasteiger partial charge in [0.15, 0.2) is 0 Å². The first-order valence-electron chi connectivity index (χ1n) is 5.27. The molecule has 1 rings (SSSR count). The van der Waals surface area contributed by atoms with Crippen molar-refractivity contribution in [3.8, 4) is 0 Å². The highest BCUT2D eigenvalue weighted by atomic mass is 35.5. The fraction of sp³-hybridized carbons (Fsp3) is 0.909. The zero-order valence-electron chi connectivity index (χ0n) is 9.43. The van der Waals surface area contributed by atoms with E-state index in [9.17, 15) is 4.79 Å². The number of amides is 1. The van der Waals surface area contributed by atoms with E-state index in [1.807, 2.05) is 13.8 Å². The minimum atomic E-state index is 0.123. The van der Waals surface area contributed by atoms with E-state index in [1.54, 1.807) is 0 Å². The third kappa shape index (κ3) is 3.16. The summed E-state index contributed by atoms with van der Waals surface area (Å²) in [5.41, 5.74) is 0.219. The van der Waals surface area contributed by atoms with E-state index < -0.39 is 0 Å². The van der Waals surface area contributed by atoms with Gasteiger partial charge in [-0.05, 0) is 32.1 Å². The molecule has 0 spiro atoms. The number of halogens is 1. The molecule has 1 saturated carbocycles. The van der Waals surface area contributed by atoms with Crippen LogP contribution in [0, 0.1) is 11.3 Å². The van der Waals surface area contributed by atoms with Crippen molar-refractivity contribution in [3.05, 3.63) is 0 Å². The summed E-state index contributed by atoms with van der Waals surface area (Å²) < 4.78 is 0. The van der Waals surface area contributed by atoms with Crippen molar-refractivity contribution >= 4 is 17.5 Å². The second-order valence-electron chi connectivity index (χ2n) is 5.17. The Morgan fingerprint density at radius 2 is 2.07 bits per heavy atom. The molecule has 0 radical (unpaired) electrons. The third-order valence-corrected chi connectivity index (χ3v) is 3.08. The molecule has 0 saturated heterocycles. The van der Waals surface area contributed by atoms with Crippen LogP contribution in [0.1, 0.15) is 40.5 Å². The average Bonchev–Trinajstić information content (AvgIpc) is 2.57. The number of nitrogens with one attached hydrogen (secondary N) is 1. The lowest BCUT2D eigenvalue weighted by molar-refractivity contribution is -0.123. The van der Waals surface area contributed by atoms with Crippen molar-refractivity contribution in [1.82, 2.24) is 5.32 Å². The summed E-state index contributed by atoms with van der Waals surface area (Å²) in [5, 5.41) is 3.13. The van der Waals surface area contributed by atoms with E-state index >= 15 is 0 Å². The van der Waals surface area contributed by atoms with E-state index in [0.29, 0.717) is 0 Å². The van der Waals surface area contributed by atoms with Crippen LogP contribution in [0.3, 0.4) is 0 Å². The largest absolute Gasteiger partial charge is 0.353 e. The Kier molecular flexibility index (Phi) is 3.46. The van der Waals surface area contributed by atoms with Crippen LogP contribution in [-0.4, -0.2) is 17.3 Å². The van der Waals surface area contributed by atoms with Crippen molar-refractivity contribution in [3.63, 3.8) is 0 Å². The Balaban J connectivity index is 2.28. The first-order valence-corrected chi connectivity index (χ1v) is 5.71. The summed E-state index contributed by atoms with van der Waals surface area (Å²) >= 11 is 5.86. The number of hydrogen-bond acceptors (Lipinski definition) is 1. The minimum absolute atomic E-state index is 0.123. The first kappa shape index (κ1) is 11.8. The molecule has 1 aliphatic carbocycles. The van der Waals surface area contributed by atoms with E-state index in [2.05, 4.69) is 19.2 Å². The average molecular weight is 218 g/mol. The molecule has 82 valence electrons. The van der Waals surface area contributed by atoms with Gasteiger partial charge in [-0.15, -0.1) is 11.6 Å². The van der Waals surface area contributed by atoms with Crippen molar-refractivity contribution in [1.29, 1.82) is 0 Å². The van der Waals surface area contributed by atoms with Gasteiger partial charge in [-0.3, -0.25) is 4.79 Å². The summed E-state index contributed by atoms with van der Waals surface area (Å²) in [4.78, 5) is 11.7. The van der Waals surface area contributed by atoms with Gasteiger partial charge in [-0.2, -0.15) is 0 Å². The van der Waals surface area contributed by atoms with Gasteiger partial charge in [-0.1, -0.05) is 13.8 Å². The minimum Gasteiger partial charge on any atom is -0.353 e. The second kappa shape index (κ2) is 4.09. The van der Waals surface area contributed by atoms with Crippen LogP contribution in [0.25, 0.3) is 0 Å². The molecule has 3 heteroatoms. The zero-order chi connectivity index (χ0) is 10.9. The maximum Gasteiger partial charge on any atom is 0.223 e. The van der Waals surface area contributed by atoms with Crippen LogP contribution < -0.4 is 5.32 Å². The monoisotopic (exact) mass is 217 g/mol. The summed E-state index contributed by atoms with van der Waals surface area (Å²) in [6.07, 6.45) is 1.85. The Morgan fingerprint density at radius 1 is 1.57 bits per heavy atom. The smallest absolute Gasteiger partial charge is 0.223 e. The predicted octanol–water partition coefficient (Wildman–Crippen LogP) is 2.55. The predicted molar refractivity (Wildman–Crippen MR) is 59.4 cm³/mol. The van der Waals surface area contributed by atoms with Crippen molar-refractivity contribution in [2.75, 3.05) is 0 Å². The first-order chi connectivity index (χ1) is 6.33. The second-order valence-corrected chi connectivity index (χ2v) is 5.92. The van der Waals surface area contributed by atoms with Gasteiger partial charge < -0.3 is 5.32 Å². The quantitative estimate of drug-likeness (QED) is 0.721. The van der Waals surface area contributed by atoms with Gasteiger partial charge in [0.2, 0.25) is 5.91 Å². The maximum absolute atomic E-state index is 11.7. The molecule has 1 N–H and O–H groups in total. The number of hydrogen-bond donors (Lipinski definition) is 1. The molecule has 3 atom stereocenters. The molecular weight excluding hydrogens is 198 g/mol. The SMILES string of the molecule is CC(Cl)CC(C)NC(=O)C1CC1(C)C. The van der Waals surface area contributed by atoms with Crippen molar-refractivity contribution in [2.45, 2.75) is 52.0 Å². The highest BCUT2D eigenvalue weighted by molar-refractivity contribution is 6.20. The number of carbonyl (C=O) groups excluding carboxylic acids is 1. The Hall–Kier alpha value is -0.240. The molecule has 1 aliphatic rings. The molecular formula is C11H20ClNO. The van der Waals surface area contributed by atoms with Crippen LogP contribution >= 0.6 is 11.6 Å². The van der Waals surface area contributed by atoms with Crippen molar-refractivity contribution in [2.24, 2.45) is 11.3 Å². The van der Waals surface area contributed by atoms with Crippen molar-refractivity contribution < 1.29 is 4.79 Å². The zero-order valence-corrected chi connectivity index (χ0v) is 10.2. The summed E-state index contributed by atoms with van der Waals surface area (Å²) in [5.74, 6) is 0.412. The fourth-order valence-electron chi connectivity index (χ4n) is 1.80. The Bertz CT molecular complexity index is 225. The van der Waals surface area contributed by atoms with E-state index in [-0.39, 0.29) is 28.7 Å². The molecule has 0 bridgehead atoms. The summed E-state index contributed by atoms with van der Waals surface area (Å²) in [7, 11) is 0. The van der Waals surface area contributed by atoms with Gasteiger partial charge in [0.25, 0.3) is 0 Å². The van der Waals surface area contributed by atoms with Gasteiger partial charge in [0.1, 0.15) is 0 Å². The topological polar surface area (TPSA) is 29.1 Å².